The topological polar surface area (TPSA) is 71.8 Å². The van der Waals surface area contributed by atoms with Crippen LogP contribution in [-0.2, 0) is 0 Å². The molecule has 4 nitrogen and oxygen atoms in total. The van der Waals surface area contributed by atoms with E-state index in [0.29, 0.717) is 10.9 Å². The van der Waals surface area contributed by atoms with Crippen molar-refractivity contribution >= 4 is 41.5 Å². The second kappa shape index (κ2) is 6.34. The van der Waals surface area contributed by atoms with Gasteiger partial charge in [0.05, 0.1) is 11.3 Å². The number of rotatable bonds is 3. The molecule has 0 spiro atoms. The van der Waals surface area contributed by atoms with Crippen molar-refractivity contribution in [2.75, 3.05) is 0 Å². The summed E-state index contributed by atoms with van der Waals surface area (Å²) in [5, 5.41) is 1.85. The fourth-order valence-corrected chi connectivity index (χ4v) is 2.88. The zero-order valence-electron chi connectivity index (χ0n) is 11.5. The van der Waals surface area contributed by atoms with E-state index in [9.17, 15) is 18.0 Å². The van der Waals surface area contributed by atoms with Crippen molar-refractivity contribution in [3.05, 3.63) is 52.1 Å². The Bertz CT molecular complexity index is 841. The van der Waals surface area contributed by atoms with Gasteiger partial charge in [0.15, 0.2) is 5.01 Å². The predicted molar refractivity (Wildman–Crippen MR) is 87.2 cm³/mol. The lowest BCUT2D eigenvalue weighted by atomic mass is 10.1. The standard InChI is InChI=1S/C14H10F3N3OS.H2S/c15-14(16,17)12(18)10-6-22-13(20-10)11(21)8-5-19-9-4-2-1-3-7(8)9;/h1-6,12,19H,18H2;1H2/t12-;/m0./s1. The number of H-pyrrole nitrogens is 1. The molecule has 0 unspecified atom stereocenters. The molecule has 0 saturated heterocycles. The van der Waals surface area contributed by atoms with E-state index in [-0.39, 0.29) is 24.2 Å². The quantitative estimate of drug-likeness (QED) is 0.703. The number of thiazole rings is 1. The number of hydrogen-bond acceptors (Lipinski definition) is 4. The molecule has 1 atom stereocenters. The molecular formula is C14H12F3N3OS2. The molecule has 0 bridgehead atoms. The monoisotopic (exact) mass is 359 g/mol. The molecule has 0 saturated carbocycles. The highest BCUT2D eigenvalue weighted by Gasteiger charge is 2.39. The van der Waals surface area contributed by atoms with Crippen LogP contribution in [0.1, 0.15) is 27.1 Å². The van der Waals surface area contributed by atoms with Crippen LogP contribution in [0.4, 0.5) is 13.2 Å². The first kappa shape index (κ1) is 17.5. The Hall–Kier alpha value is -1.84. The fourth-order valence-electron chi connectivity index (χ4n) is 2.08. The zero-order valence-corrected chi connectivity index (χ0v) is 13.3. The van der Waals surface area contributed by atoms with Crippen LogP contribution in [0.2, 0.25) is 0 Å². The second-order valence-electron chi connectivity index (χ2n) is 4.67. The lowest BCUT2D eigenvalue weighted by molar-refractivity contribution is -0.149. The summed E-state index contributed by atoms with van der Waals surface area (Å²) in [6.45, 7) is 0. The number of hydrogen-bond donors (Lipinski definition) is 2. The van der Waals surface area contributed by atoms with Crippen LogP contribution in [0.25, 0.3) is 10.9 Å². The number of para-hydroxylation sites is 1. The Labute approximate surface area is 140 Å². The number of nitrogens with two attached hydrogens (primary N) is 1. The summed E-state index contributed by atoms with van der Waals surface area (Å²) in [6.07, 6.45) is -3.06. The fraction of sp³-hybridized carbons (Fsp3) is 0.143. The SMILES string of the molecule is N[C@@H](c1csc(C(=O)c2c[nH]c3ccccc23)n1)C(F)(F)F.S. The Morgan fingerprint density at radius 3 is 2.70 bits per heavy atom. The Morgan fingerprint density at radius 2 is 2.00 bits per heavy atom. The van der Waals surface area contributed by atoms with Gasteiger partial charge >= 0.3 is 6.18 Å². The minimum absolute atomic E-state index is 0. The van der Waals surface area contributed by atoms with Gasteiger partial charge < -0.3 is 10.7 Å². The van der Waals surface area contributed by atoms with Crippen molar-refractivity contribution in [2.45, 2.75) is 12.2 Å². The minimum Gasteiger partial charge on any atom is -0.360 e. The average molecular weight is 359 g/mol. The van der Waals surface area contributed by atoms with E-state index in [2.05, 4.69) is 9.97 Å². The van der Waals surface area contributed by atoms with Crippen LogP contribution in [-0.4, -0.2) is 21.9 Å². The molecule has 3 aromatic rings. The molecule has 0 aliphatic heterocycles. The van der Waals surface area contributed by atoms with Crippen molar-refractivity contribution in [1.82, 2.24) is 9.97 Å². The van der Waals surface area contributed by atoms with E-state index < -0.39 is 18.0 Å². The summed E-state index contributed by atoms with van der Waals surface area (Å²) in [4.78, 5) is 19.1. The van der Waals surface area contributed by atoms with Gasteiger partial charge in [-0.15, -0.1) is 11.3 Å². The third-order valence-corrected chi connectivity index (χ3v) is 4.08. The van der Waals surface area contributed by atoms with Gasteiger partial charge in [-0.3, -0.25) is 4.79 Å². The van der Waals surface area contributed by atoms with Crippen molar-refractivity contribution in [1.29, 1.82) is 0 Å². The summed E-state index contributed by atoms with van der Waals surface area (Å²) in [5.74, 6) is -0.428. The number of alkyl halides is 3. The molecule has 0 aliphatic rings. The predicted octanol–water partition coefficient (Wildman–Crippen LogP) is 3.53. The highest BCUT2D eigenvalue weighted by molar-refractivity contribution is 7.59. The van der Waals surface area contributed by atoms with Gasteiger partial charge in [-0.1, -0.05) is 18.2 Å². The maximum Gasteiger partial charge on any atom is 0.409 e. The number of fused-ring (bicyclic) bond motifs is 1. The van der Waals surface area contributed by atoms with Crippen LogP contribution in [0, 0.1) is 0 Å². The van der Waals surface area contributed by atoms with Crippen molar-refractivity contribution in [3.8, 4) is 0 Å². The van der Waals surface area contributed by atoms with E-state index in [0.717, 1.165) is 16.9 Å². The van der Waals surface area contributed by atoms with Crippen molar-refractivity contribution < 1.29 is 18.0 Å². The Morgan fingerprint density at radius 1 is 1.30 bits per heavy atom. The van der Waals surface area contributed by atoms with Gasteiger partial charge in [0.1, 0.15) is 6.04 Å². The lowest BCUT2D eigenvalue weighted by Gasteiger charge is -2.12. The molecule has 122 valence electrons. The van der Waals surface area contributed by atoms with Crippen LogP contribution < -0.4 is 5.73 Å². The molecule has 2 aromatic heterocycles. The molecule has 0 fully saturated rings. The van der Waals surface area contributed by atoms with Crippen LogP contribution in [0.15, 0.2) is 35.8 Å². The first-order chi connectivity index (χ1) is 10.4. The molecule has 3 N–H and O–H groups in total. The van der Waals surface area contributed by atoms with E-state index in [4.69, 9.17) is 5.73 Å². The van der Waals surface area contributed by atoms with Gasteiger partial charge in [-0.05, 0) is 6.07 Å². The van der Waals surface area contributed by atoms with Gasteiger partial charge in [-0.25, -0.2) is 4.98 Å². The van der Waals surface area contributed by atoms with E-state index in [1.807, 2.05) is 6.07 Å². The molecule has 23 heavy (non-hydrogen) atoms. The molecule has 1 aromatic carbocycles. The normalized spacial score (nSPS) is 12.9. The smallest absolute Gasteiger partial charge is 0.360 e. The molecule has 3 rings (SSSR count). The molecular weight excluding hydrogens is 347 g/mol. The van der Waals surface area contributed by atoms with E-state index in [1.165, 1.54) is 11.6 Å². The highest BCUT2D eigenvalue weighted by Crippen LogP contribution is 2.31. The second-order valence-corrected chi connectivity index (χ2v) is 5.53. The van der Waals surface area contributed by atoms with Gasteiger partial charge in [-0.2, -0.15) is 26.7 Å². The molecule has 9 heteroatoms. The number of nitrogens with one attached hydrogen (secondary N) is 1. The van der Waals surface area contributed by atoms with Crippen LogP contribution in [0.5, 0.6) is 0 Å². The van der Waals surface area contributed by atoms with Gasteiger partial charge in [0.2, 0.25) is 5.78 Å². The minimum atomic E-state index is -4.59. The van der Waals surface area contributed by atoms with Crippen LogP contribution >= 0.6 is 24.8 Å². The third kappa shape index (κ3) is 3.26. The summed E-state index contributed by atoms with van der Waals surface area (Å²) >= 11 is 0.854. The van der Waals surface area contributed by atoms with Gasteiger partial charge in [0, 0.05) is 22.5 Å². The summed E-state index contributed by atoms with van der Waals surface area (Å²) in [7, 11) is 0. The van der Waals surface area contributed by atoms with E-state index in [1.54, 1.807) is 18.2 Å². The number of nitrogens with zero attached hydrogens (tertiary/aromatic N) is 1. The number of carbonyl (C=O) groups excluding carboxylic acids is 1. The first-order valence-electron chi connectivity index (χ1n) is 6.26. The maximum atomic E-state index is 12.6. The van der Waals surface area contributed by atoms with E-state index >= 15 is 0 Å². The molecule has 2 heterocycles. The van der Waals surface area contributed by atoms with Gasteiger partial charge in [0.25, 0.3) is 0 Å². The van der Waals surface area contributed by atoms with Crippen molar-refractivity contribution in [3.63, 3.8) is 0 Å². The molecule has 0 radical (unpaired) electrons. The first-order valence-corrected chi connectivity index (χ1v) is 7.14. The molecule has 0 amide bonds. The highest BCUT2D eigenvalue weighted by atomic mass is 32.1. The number of halogens is 3. The number of aromatic nitrogens is 2. The Balaban J connectivity index is 0.00000192. The summed E-state index contributed by atoms with van der Waals surface area (Å²) in [6, 6.07) is 4.97. The van der Waals surface area contributed by atoms with Crippen LogP contribution in [0.3, 0.4) is 0 Å². The number of carbonyl (C=O) groups is 1. The number of aromatic amines is 1. The largest absolute Gasteiger partial charge is 0.409 e. The molecule has 0 aliphatic carbocycles. The third-order valence-electron chi connectivity index (χ3n) is 3.22. The average Bonchev–Trinajstić information content (AvgIpc) is 3.12. The Kier molecular flexibility index (Phi) is 4.83. The maximum absolute atomic E-state index is 12.6. The zero-order chi connectivity index (χ0) is 15.9. The number of ketones is 1. The number of benzene rings is 1. The summed E-state index contributed by atoms with van der Waals surface area (Å²) < 4.78 is 37.7. The van der Waals surface area contributed by atoms with Crippen molar-refractivity contribution in [2.24, 2.45) is 5.73 Å². The lowest BCUT2D eigenvalue weighted by Crippen LogP contribution is -2.28. The summed E-state index contributed by atoms with van der Waals surface area (Å²) in [5.41, 5.74) is 5.89.